The smallest absolute Gasteiger partial charge is 0.0606 e. The van der Waals surface area contributed by atoms with Gasteiger partial charge in [-0.3, -0.25) is 0 Å². The number of nitrogens with zero attached hydrogens (tertiary/aromatic N) is 1. The second-order valence-corrected chi connectivity index (χ2v) is 5.40. The van der Waals surface area contributed by atoms with Gasteiger partial charge < -0.3 is 10.0 Å². The highest BCUT2D eigenvalue weighted by Crippen LogP contribution is 2.28. The van der Waals surface area contributed by atoms with Crippen LogP contribution in [0.15, 0.2) is 18.2 Å². The van der Waals surface area contributed by atoms with Crippen LogP contribution < -0.4 is 4.90 Å². The predicted octanol–water partition coefficient (Wildman–Crippen LogP) is 2.72. The molecule has 0 saturated carbocycles. The van der Waals surface area contributed by atoms with E-state index in [-0.39, 0.29) is 12.0 Å². The van der Waals surface area contributed by atoms with Gasteiger partial charge in [0.1, 0.15) is 0 Å². The summed E-state index contributed by atoms with van der Waals surface area (Å²) in [6.07, 6.45) is 0. The fourth-order valence-electron chi connectivity index (χ4n) is 1.76. The Hall–Kier alpha value is -1.02. The van der Waals surface area contributed by atoms with Crippen LogP contribution >= 0.6 is 0 Å². The maximum Gasteiger partial charge on any atom is 0.0606 e. The summed E-state index contributed by atoms with van der Waals surface area (Å²) < 4.78 is 0. The molecule has 0 bridgehead atoms. The highest BCUT2D eigenvalue weighted by atomic mass is 16.3. The van der Waals surface area contributed by atoms with Crippen molar-refractivity contribution in [2.75, 3.05) is 25.1 Å². The molecule has 0 atom stereocenters. The molecule has 0 amide bonds. The summed E-state index contributed by atoms with van der Waals surface area (Å²) in [4.78, 5) is 2.10. The van der Waals surface area contributed by atoms with Crippen LogP contribution in [-0.4, -0.2) is 25.3 Å². The van der Waals surface area contributed by atoms with Crippen molar-refractivity contribution in [3.8, 4) is 0 Å². The SMILES string of the molecule is Cc1ccc(C(C)(C)C)cc1N(C)CCO. The fourth-order valence-corrected chi connectivity index (χ4v) is 1.76. The number of aryl methyl sites for hydroxylation is 1. The zero-order valence-electron chi connectivity index (χ0n) is 11.0. The maximum absolute atomic E-state index is 8.98. The first kappa shape index (κ1) is 13.0. The molecule has 90 valence electrons. The van der Waals surface area contributed by atoms with Gasteiger partial charge in [0.25, 0.3) is 0 Å². The summed E-state index contributed by atoms with van der Waals surface area (Å²) in [7, 11) is 2.02. The van der Waals surface area contributed by atoms with E-state index in [9.17, 15) is 0 Å². The molecular weight excluding hydrogens is 198 g/mol. The molecule has 1 rings (SSSR count). The van der Waals surface area contributed by atoms with E-state index < -0.39 is 0 Å². The standard InChI is InChI=1S/C14H23NO/c1-11-6-7-12(14(2,3)4)10-13(11)15(5)8-9-16/h6-7,10,16H,8-9H2,1-5H3. The summed E-state index contributed by atoms with van der Waals surface area (Å²) in [5.74, 6) is 0. The third-order valence-corrected chi connectivity index (χ3v) is 2.92. The van der Waals surface area contributed by atoms with Crippen LogP contribution in [0.2, 0.25) is 0 Å². The number of hydrogen-bond donors (Lipinski definition) is 1. The van der Waals surface area contributed by atoms with Crippen molar-refractivity contribution in [1.82, 2.24) is 0 Å². The van der Waals surface area contributed by atoms with Gasteiger partial charge in [0.05, 0.1) is 6.61 Å². The number of hydrogen-bond acceptors (Lipinski definition) is 2. The summed E-state index contributed by atoms with van der Waals surface area (Å²) in [5.41, 5.74) is 3.96. The van der Waals surface area contributed by atoms with Gasteiger partial charge in [0.15, 0.2) is 0 Å². The molecule has 0 heterocycles. The van der Waals surface area contributed by atoms with Crippen molar-refractivity contribution in [2.24, 2.45) is 0 Å². The lowest BCUT2D eigenvalue weighted by Crippen LogP contribution is -2.23. The Kier molecular flexibility index (Phi) is 3.98. The maximum atomic E-state index is 8.98. The van der Waals surface area contributed by atoms with E-state index >= 15 is 0 Å². The van der Waals surface area contributed by atoms with Gasteiger partial charge in [0.2, 0.25) is 0 Å². The molecule has 1 aromatic rings. The van der Waals surface area contributed by atoms with Crippen LogP contribution in [0.4, 0.5) is 5.69 Å². The number of benzene rings is 1. The van der Waals surface area contributed by atoms with E-state index in [0.29, 0.717) is 6.54 Å². The highest BCUT2D eigenvalue weighted by molar-refractivity contribution is 5.55. The van der Waals surface area contributed by atoms with Crippen LogP contribution in [0.25, 0.3) is 0 Å². The highest BCUT2D eigenvalue weighted by Gasteiger charge is 2.15. The Bertz CT molecular complexity index is 352. The van der Waals surface area contributed by atoms with Crippen LogP contribution in [0.1, 0.15) is 31.9 Å². The Morgan fingerprint density at radius 1 is 1.25 bits per heavy atom. The molecule has 16 heavy (non-hydrogen) atoms. The summed E-state index contributed by atoms with van der Waals surface area (Å²) >= 11 is 0. The zero-order valence-corrected chi connectivity index (χ0v) is 11.0. The number of rotatable bonds is 3. The third-order valence-electron chi connectivity index (χ3n) is 2.92. The lowest BCUT2D eigenvalue weighted by molar-refractivity contribution is 0.304. The molecule has 0 spiro atoms. The van der Waals surface area contributed by atoms with E-state index in [0.717, 1.165) is 0 Å². The van der Waals surface area contributed by atoms with Crippen LogP contribution in [0.3, 0.4) is 0 Å². The lowest BCUT2D eigenvalue weighted by Gasteiger charge is -2.25. The molecule has 2 nitrogen and oxygen atoms in total. The minimum atomic E-state index is 0.169. The molecule has 0 unspecified atom stereocenters. The fraction of sp³-hybridized carbons (Fsp3) is 0.571. The van der Waals surface area contributed by atoms with E-state index in [2.05, 4.69) is 50.8 Å². The van der Waals surface area contributed by atoms with E-state index in [4.69, 9.17) is 5.11 Å². The number of aliphatic hydroxyl groups excluding tert-OH is 1. The molecular formula is C14H23NO. The van der Waals surface area contributed by atoms with Gasteiger partial charge in [-0.15, -0.1) is 0 Å². The number of anilines is 1. The minimum absolute atomic E-state index is 0.169. The van der Waals surface area contributed by atoms with Crippen molar-refractivity contribution in [3.05, 3.63) is 29.3 Å². The number of aliphatic hydroxyl groups is 1. The quantitative estimate of drug-likeness (QED) is 0.848. The molecule has 2 heteroatoms. The summed E-state index contributed by atoms with van der Waals surface area (Å²) in [6, 6.07) is 6.57. The van der Waals surface area contributed by atoms with E-state index in [1.165, 1.54) is 16.8 Å². The molecule has 0 radical (unpaired) electrons. The zero-order chi connectivity index (χ0) is 12.3. The molecule has 0 saturated heterocycles. The average molecular weight is 221 g/mol. The molecule has 0 aromatic heterocycles. The normalized spacial score (nSPS) is 11.6. The molecule has 1 aromatic carbocycles. The summed E-state index contributed by atoms with van der Waals surface area (Å²) in [5, 5.41) is 8.98. The Morgan fingerprint density at radius 2 is 1.88 bits per heavy atom. The first-order valence-corrected chi connectivity index (χ1v) is 5.79. The largest absolute Gasteiger partial charge is 0.395 e. The monoisotopic (exact) mass is 221 g/mol. The lowest BCUT2D eigenvalue weighted by atomic mass is 9.86. The molecule has 0 aliphatic rings. The second-order valence-electron chi connectivity index (χ2n) is 5.40. The molecule has 0 aliphatic heterocycles. The Balaban J connectivity index is 3.09. The van der Waals surface area contributed by atoms with Crippen LogP contribution in [0.5, 0.6) is 0 Å². The van der Waals surface area contributed by atoms with Gasteiger partial charge in [0, 0.05) is 19.3 Å². The van der Waals surface area contributed by atoms with Crippen LogP contribution in [-0.2, 0) is 5.41 Å². The van der Waals surface area contributed by atoms with Crippen molar-refractivity contribution < 1.29 is 5.11 Å². The van der Waals surface area contributed by atoms with E-state index in [1.54, 1.807) is 0 Å². The van der Waals surface area contributed by atoms with Crippen LogP contribution in [0, 0.1) is 6.92 Å². The third kappa shape index (κ3) is 2.99. The second kappa shape index (κ2) is 4.88. The molecule has 0 aliphatic carbocycles. The molecule has 0 fully saturated rings. The van der Waals surface area contributed by atoms with Gasteiger partial charge in [-0.25, -0.2) is 0 Å². The van der Waals surface area contributed by atoms with Gasteiger partial charge in [-0.2, -0.15) is 0 Å². The minimum Gasteiger partial charge on any atom is -0.395 e. The number of likely N-dealkylation sites (N-methyl/N-ethyl adjacent to an activating group) is 1. The first-order valence-electron chi connectivity index (χ1n) is 5.79. The van der Waals surface area contributed by atoms with Gasteiger partial charge in [-0.05, 0) is 29.5 Å². The van der Waals surface area contributed by atoms with Gasteiger partial charge in [-0.1, -0.05) is 32.9 Å². The predicted molar refractivity (Wildman–Crippen MR) is 70.2 cm³/mol. The van der Waals surface area contributed by atoms with Crippen molar-refractivity contribution >= 4 is 5.69 Å². The first-order chi connectivity index (χ1) is 7.36. The average Bonchev–Trinajstić information content (AvgIpc) is 2.16. The Labute approximate surface area is 98.9 Å². The Morgan fingerprint density at radius 3 is 2.38 bits per heavy atom. The van der Waals surface area contributed by atoms with Crippen molar-refractivity contribution in [3.63, 3.8) is 0 Å². The van der Waals surface area contributed by atoms with E-state index in [1.807, 2.05) is 7.05 Å². The topological polar surface area (TPSA) is 23.5 Å². The van der Waals surface area contributed by atoms with Crippen molar-refractivity contribution in [2.45, 2.75) is 33.1 Å². The molecule has 1 N–H and O–H groups in total. The van der Waals surface area contributed by atoms with Crippen molar-refractivity contribution in [1.29, 1.82) is 0 Å². The van der Waals surface area contributed by atoms with Gasteiger partial charge >= 0.3 is 0 Å². The summed E-state index contributed by atoms with van der Waals surface area (Å²) in [6.45, 7) is 9.62.